The Hall–Kier alpha value is -0.990. The molecule has 8 heteroatoms. The molecular weight excluding hydrogens is 340 g/mol. The second-order valence-electron chi connectivity index (χ2n) is 5.08. The zero-order chi connectivity index (χ0) is 15.5. The number of hydrogen-bond donors (Lipinski definition) is 1. The molecule has 2 aromatic rings. The second kappa shape index (κ2) is 7.06. The second-order valence-corrected chi connectivity index (χ2v) is 7.11. The number of ether oxygens (including phenoxy) is 1. The maximum atomic E-state index is 6.14. The van der Waals surface area contributed by atoms with Gasteiger partial charge in [0.05, 0.1) is 19.9 Å². The number of rotatable bonds is 4. The molecular formula is C14H17ClN4OS2. The molecule has 0 amide bonds. The molecule has 5 nitrogen and oxygen atoms in total. The van der Waals surface area contributed by atoms with E-state index in [2.05, 4.69) is 15.3 Å². The highest BCUT2D eigenvalue weighted by atomic mass is 35.5. The van der Waals surface area contributed by atoms with Crippen LogP contribution in [0.2, 0.25) is 5.02 Å². The molecule has 1 aromatic heterocycles. The lowest BCUT2D eigenvalue weighted by molar-refractivity contribution is 0.0212. The van der Waals surface area contributed by atoms with Gasteiger partial charge in [-0.25, -0.2) is 4.68 Å². The van der Waals surface area contributed by atoms with Gasteiger partial charge in [-0.1, -0.05) is 29.0 Å². The Kier molecular flexibility index (Phi) is 5.10. The number of nitrogens with one attached hydrogen (secondary N) is 1. The minimum absolute atomic E-state index is 0.703. The Labute approximate surface area is 143 Å². The largest absolute Gasteiger partial charge is 0.379 e. The fraction of sp³-hybridized carbons (Fsp3) is 0.429. The third-order valence-corrected chi connectivity index (χ3v) is 5.19. The Morgan fingerprint density at radius 1 is 1.41 bits per heavy atom. The predicted molar refractivity (Wildman–Crippen MR) is 92.8 cm³/mol. The molecule has 3 rings (SSSR count). The summed E-state index contributed by atoms with van der Waals surface area (Å²) in [6.07, 6.45) is 0. The van der Waals surface area contributed by atoms with Crippen LogP contribution in [0.15, 0.2) is 18.2 Å². The molecule has 1 saturated heterocycles. The Balaban J connectivity index is 1.74. The molecule has 0 unspecified atom stereocenters. The number of nitrogens with zero attached hydrogens (tertiary/aromatic N) is 3. The van der Waals surface area contributed by atoms with Crippen molar-refractivity contribution < 1.29 is 4.74 Å². The molecule has 118 valence electrons. The lowest BCUT2D eigenvalue weighted by Crippen LogP contribution is -2.37. The minimum atomic E-state index is 0.703. The average molecular weight is 357 g/mol. The zero-order valence-electron chi connectivity index (χ0n) is 12.2. The van der Waals surface area contributed by atoms with Crippen LogP contribution in [0.4, 0.5) is 10.8 Å². The lowest BCUT2D eigenvalue weighted by atomic mass is 10.2. The van der Waals surface area contributed by atoms with Gasteiger partial charge in [0.25, 0.3) is 0 Å². The summed E-state index contributed by atoms with van der Waals surface area (Å²) in [5, 5.41) is 9.39. The van der Waals surface area contributed by atoms with Crippen LogP contribution in [0, 0.1) is 10.9 Å². The summed E-state index contributed by atoms with van der Waals surface area (Å²) < 4.78 is 7.97. The van der Waals surface area contributed by atoms with Crippen molar-refractivity contribution in [2.75, 3.05) is 31.6 Å². The lowest BCUT2D eigenvalue weighted by Gasteiger charge is -2.26. The van der Waals surface area contributed by atoms with Crippen LogP contribution < -0.4 is 5.32 Å². The normalized spacial score (nSPS) is 15.9. The third kappa shape index (κ3) is 3.67. The number of benzene rings is 1. The molecule has 0 spiro atoms. The SMILES string of the molecule is Cc1c(Cl)cccc1Nc1nn(CN2CCOCC2)c(=S)s1. The van der Waals surface area contributed by atoms with Crippen LogP contribution in [-0.2, 0) is 11.4 Å². The molecule has 1 aliphatic rings. The number of halogens is 1. The highest BCUT2D eigenvalue weighted by molar-refractivity contribution is 7.73. The maximum absolute atomic E-state index is 6.14. The van der Waals surface area contributed by atoms with Crippen molar-refractivity contribution in [2.24, 2.45) is 0 Å². The van der Waals surface area contributed by atoms with E-state index in [9.17, 15) is 0 Å². The maximum Gasteiger partial charge on any atom is 0.209 e. The number of anilines is 2. The van der Waals surface area contributed by atoms with Crippen molar-refractivity contribution in [3.8, 4) is 0 Å². The van der Waals surface area contributed by atoms with Gasteiger partial charge in [0.2, 0.25) is 5.13 Å². The summed E-state index contributed by atoms with van der Waals surface area (Å²) in [6, 6.07) is 5.78. The molecule has 2 heterocycles. The van der Waals surface area contributed by atoms with Crippen molar-refractivity contribution in [2.45, 2.75) is 13.6 Å². The first kappa shape index (κ1) is 15.9. The van der Waals surface area contributed by atoms with E-state index >= 15 is 0 Å². The van der Waals surface area contributed by atoms with Gasteiger partial charge in [0.1, 0.15) is 0 Å². The van der Waals surface area contributed by atoms with Gasteiger partial charge in [-0.15, -0.1) is 5.10 Å². The van der Waals surface area contributed by atoms with Crippen molar-refractivity contribution in [1.82, 2.24) is 14.7 Å². The molecule has 0 bridgehead atoms. The van der Waals surface area contributed by atoms with E-state index in [1.165, 1.54) is 11.3 Å². The molecule has 1 aliphatic heterocycles. The van der Waals surface area contributed by atoms with Gasteiger partial charge < -0.3 is 10.1 Å². The van der Waals surface area contributed by atoms with Crippen LogP contribution >= 0.6 is 35.2 Å². The van der Waals surface area contributed by atoms with Gasteiger partial charge in [0, 0.05) is 23.8 Å². The summed E-state index contributed by atoms with van der Waals surface area (Å²) in [6.45, 7) is 6.04. The third-order valence-electron chi connectivity index (χ3n) is 3.55. The first-order chi connectivity index (χ1) is 10.6. The van der Waals surface area contributed by atoms with Gasteiger partial charge in [-0.3, -0.25) is 4.90 Å². The van der Waals surface area contributed by atoms with Gasteiger partial charge in [0.15, 0.2) is 3.95 Å². The van der Waals surface area contributed by atoms with Crippen molar-refractivity contribution in [3.05, 3.63) is 32.7 Å². The predicted octanol–water partition coefficient (Wildman–Crippen LogP) is 3.67. The molecule has 1 aromatic carbocycles. The number of morpholine rings is 1. The molecule has 0 saturated carbocycles. The van der Waals surface area contributed by atoms with Crippen molar-refractivity contribution in [3.63, 3.8) is 0 Å². The van der Waals surface area contributed by atoms with E-state index in [4.69, 9.17) is 28.6 Å². The number of hydrogen-bond acceptors (Lipinski definition) is 6. The fourth-order valence-electron chi connectivity index (χ4n) is 2.24. The molecule has 0 aliphatic carbocycles. The van der Waals surface area contributed by atoms with Crippen LogP contribution in [0.5, 0.6) is 0 Å². The molecule has 1 N–H and O–H groups in total. The highest BCUT2D eigenvalue weighted by Crippen LogP contribution is 2.27. The van der Waals surface area contributed by atoms with E-state index in [0.717, 1.165) is 51.7 Å². The molecule has 0 radical (unpaired) electrons. The molecule has 1 fully saturated rings. The average Bonchev–Trinajstić information content (AvgIpc) is 2.85. The van der Waals surface area contributed by atoms with Gasteiger partial charge in [-0.05, 0) is 36.8 Å². The van der Waals surface area contributed by atoms with E-state index < -0.39 is 0 Å². The van der Waals surface area contributed by atoms with Crippen LogP contribution in [-0.4, -0.2) is 41.0 Å². The summed E-state index contributed by atoms with van der Waals surface area (Å²) in [7, 11) is 0. The van der Waals surface area contributed by atoms with Crippen LogP contribution in [0.25, 0.3) is 0 Å². The van der Waals surface area contributed by atoms with Crippen LogP contribution in [0.1, 0.15) is 5.56 Å². The van der Waals surface area contributed by atoms with Crippen molar-refractivity contribution in [1.29, 1.82) is 0 Å². The van der Waals surface area contributed by atoms with E-state index in [0.29, 0.717) is 6.67 Å². The van der Waals surface area contributed by atoms with Crippen molar-refractivity contribution >= 4 is 46.0 Å². The smallest absolute Gasteiger partial charge is 0.209 e. The summed E-state index contributed by atoms with van der Waals surface area (Å²) in [5.41, 5.74) is 1.96. The topological polar surface area (TPSA) is 42.3 Å². The summed E-state index contributed by atoms with van der Waals surface area (Å²) in [4.78, 5) is 2.29. The summed E-state index contributed by atoms with van der Waals surface area (Å²) in [5.74, 6) is 0. The number of aromatic nitrogens is 2. The van der Waals surface area contributed by atoms with Gasteiger partial charge in [-0.2, -0.15) is 0 Å². The minimum Gasteiger partial charge on any atom is -0.379 e. The monoisotopic (exact) mass is 356 g/mol. The Morgan fingerprint density at radius 2 is 2.18 bits per heavy atom. The summed E-state index contributed by atoms with van der Waals surface area (Å²) >= 11 is 13.0. The van der Waals surface area contributed by atoms with E-state index in [1.54, 1.807) is 0 Å². The van der Waals surface area contributed by atoms with Crippen LogP contribution in [0.3, 0.4) is 0 Å². The van der Waals surface area contributed by atoms with E-state index in [-0.39, 0.29) is 0 Å². The zero-order valence-corrected chi connectivity index (χ0v) is 14.6. The molecule has 22 heavy (non-hydrogen) atoms. The van der Waals surface area contributed by atoms with Gasteiger partial charge >= 0.3 is 0 Å². The first-order valence-corrected chi connectivity index (χ1v) is 8.64. The van der Waals surface area contributed by atoms with E-state index in [1.807, 2.05) is 29.8 Å². The first-order valence-electron chi connectivity index (χ1n) is 7.03. The highest BCUT2D eigenvalue weighted by Gasteiger charge is 2.13. The standard InChI is InChI=1S/C14H17ClN4OS2/c1-10-11(15)3-2-4-12(10)16-13-17-19(14(21)22-13)9-18-5-7-20-8-6-18/h2-4H,5-9H2,1H3,(H,16,17). The molecule has 0 atom stereocenters. The fourth-order valence-corrected chi connectivity index (χ4v) is 3.42. The Morgan fingerprint density at radius 3 is 2.95 bits per heavy atom. The Bertz CT molecular complexity index is 709. The quantitative estimate of drug-likeness (QED) is 0.846.